The predicted molar refractivity (Wildman–Crippen MR) is 80.1 cm³/mol. The number of amides is 2. The monoisotopic (exact) mass is 283 g/mol. The van der Waals surface area contributed by atoms with Gasteiger partial charge in [0.25, 0.3) is 0 Å². The quantitative estimate of drug-likeness (QED) is 0.704. The molecule has 0 aromatic rings. The topological polar surface area (TPSA) is 75.4 Å². The van der Waals surface area contributed by atoms with Gasteiger partial charge in [-0.3, -0.25) is 9.59 Å². The van der Waals surface area contributed by atoms with Crippen LogP contribution in [0, 0.1) is 5.92 Å². The number of hydrogen-bond acceptors (Lipinski definition) is 3. The third kappa shape index (κ3) is 5.90. The van der Waals surface area contributed by atoms with Gasteiger partial charge in [-0.1, -0.05) is 19.8 Å². The molecule has 1 saturated heterocycles. The van der Waals surface area contributed by atoms with Crippen molar-refractivity contribution >= 4 is 11.8 Å². The van der Waals surface area contributed by atoms with Gasteiger partial charge in [0.1, 0.15) is 0 Å². The van der Waals surface area contributed by atoms with Gasteiger partial charge in [-0.15, -0.1) is 0 Å². The Labute approximate surface area is 122 Å². The Hall–Kier alpha value is -1.10. The van der Waals surface area contributed by atoms with Crippen LogP contribution in [0.15, 0.2) is 0 Å². The minimum atomic E-state index is 0.107. The summed E-state index contributed by atoms with van der Waals surface area (Å²) in [5.74, 6) is 0.837. The highest BCUT2D eigenvalue weighted by Crippen LogP contribution is 2.17. The summed E-state index contributed by atoms with van der Waals surface area (Å²) in [6.07, 6.45) is 6.06. The van der Waals surface area contributed by atoms with E-state index in [9.17, 15) is 9.59 Å². The number of carbonyl (C=O) groups is 2. The van der Waals surface area contributed by atoms with E-state index in [0.717, 1.165) is 32.1 Å². The molecule has 2 atom stereocenters. The van der Waals surface area contributed by atoms with Crippen LogP contribution >= 0.6 is 0 Å². The first-order valence-electron chi connectivity index (χ1n) is 7.80. The Bertz CT molecular complexity index is 314. The molecule has 5 heteroatoms. The van der Waals surface area contributed by atoms with E-state index in [1.807, 2.05) is 0 Å². The lowest BCUT2D eigenvalue weighted by molar-refractivity contribution is -0.134. The van der Waals surface area contributed by atoms with Crippen LogP contribution in [0.25, 0.3) is 0 Å². The summed E-state index contributed by atoms with van der Waals surface area (Å²) in [5, 5.41) is 3.05. The van der Waals surface area contributed by atoms with Gasteiger partial charge < -0.3 is 16.0 Å². The number of hydrogen-bond donors (Lipinski definition) is 2. The Kier molecular flexibility index (Phi) is 7.59. The number of carbonyl (C=O) groups excluding carboxylic acids is 2. The van der Waals surface area contributed by atoms with Crippen molar-refractivity contribution < 1.29 is 9.59 Å². The fourth-order valence-corrected chi connectivity index (χ4v) is 2.84. The maximum Gasteiger partial charge on any atom is 0.222 e. The molecule has 116 valence electrons. The summed E-state index contributed by atoms with van der Waals surface area (Å²) in [7, 11) is 1.79. The fourth-order valence-electron chi connectivity index (χ4n) is 2.84. The first-order chi connectivity index (χ1) is 9.56. The third-order valence-electron chi connectivity index (χ3n) is 4.04. The molecule has 1 fully saturated rings. The van der Waals surface area contributed by atoms with Crippen molar-refractivity contribution in [1.29, 1.82) is 0 Å². The molecule has 0 aliphatic carbocycles. The van der Waals surface area contributed by atoms with Gasteiger partial charge in [0.15, 0.2) is 0 Å². The van der Waals surface area contributed by atoms with Crippen LogP contribution in [0.2, 0.25) is 0 Å². The van der Waals surface area contributed by atoms with Crippen LogP contribution in [0.5, 0.6) is 0 Å². The van der Waals surface area contributed by atoms with Crippen molar-refractivity contribution in [3.8, 4) is 0 Å². The zero-order valence-corrected chi connectivity index (χ0v) is 12.9. The lowest BCUT2D eigenvalue weighted by Gasteiger charge is -2.30. The number of likely N-dealkylation sites (N-methyl/N-ethyl adjacent to an activating group) is 1. The molecule has 1 heterocycles. The second kappa shape index (κ2) is 8.95. The van der Waals surface area contributed by atoms with Crippen molar-refractivity contribution in [3.05, 3.63) is 0 Å². The van der Waals surface area contributed by atoms with E-state index in [-0.39, 0.29) is 17.9 Å². The number of rotatable bonds is 8. The van der Waals surface area contributed by atoms with Gasteiger partial charge in [0, 0.05) is 32.5 Å². The maximum atomic E-state index is 12.0. The summed E-state index contributed by atoms with van der Waals surface area (Å²) in [5.41, 5.74) is 5.61. The van der Waals surface area contributed by atoms with Crippen molar-refractivity contribution in [3.63, 3.8) is 0 Å². The molecule has 1 rings (SSSR count). The van der Waals surface area contributed by atoms with Crippen LogP contribution in [0.1, 0.15) is 51.9 Å². The van der Waals surface area contributed by atoms with Crippen molar-refractivity contribution in [2.75, 3.05) is 20.1 Å². The molecule has 1 aliphatic heterocycles. The van der Waals surface area contributed by atoms with Crippen molar-refractivity contribution in [2.45, 2.75) is 57.9 Å². The Morgan fingerprint density at radius 3 is 2.80 bits per heavy atom. The maximum absolute atomic E-state index is 12.0. The summed E-state index contributed by atoms with van der Waals surface area (Å²) in [4.78, 5) is 25.0. The molecule has 1 aliphatic rings. The van der Waals surface area contributed by atoms with E-state index in [1.54, 1.807) is 11.9 Å². The van der Waals surface area contributed by atoms with Crippen molar-refractivity contribution in [2.24, 2.45) is 11.7 Å². The van der Waals surface area contributed by atoms with E-state index in [2.05, 4.69) is 12.2 Å². The molecule has 0 saturated carbocycles. The van der Waals surface area contributed by atoms with Crippen LogP contribution < -0.4 is 11.1 Å². The minimum absolute atomic E-state index is 0.107. The molecule has 3 N–H and O–H groups in total. The van der Waals surface area contributed by atoms with E-state index in [1.165, 1.54) is 0 Å². The number of nitrogens with two attached hydrogens (primary N) is 1. The van der Waals surface area contributed by atoms with Gasteiger partial charge >= 0.3 is 0 Å². The van der Waals surface area contributed by atoms with Gasteiger partial charge in [0.2, 0.25) is 11.8 Å². The highest BCUT2D eigenvalue weighted by Gasteiger charge is 2.24. The first kappa shape index (κ1) is 17.0. The highest BCUT2D eigenvalue weighted by molar-refractivity contribution is 5.78. The van der Waals surface area contributed by atoms with Gasteiger partial charge in [-0.25, -0.2) is 0 Å². The van der Waals surface area contributed by atoms with E-state index in [4.69, 9.17) is 5.73 Å². The van der Waals surface area contributed by atoms with Crippen LogP contribution in [-0.2, 0) is 9.59 Å². The number of nitrogens with one attached hydrogen (secondary N) is 1. The lowest BCUT2D eigenvalue weighted by Crippen LogP contribution is -2.48. The SMILES string of the molecule is CCCC(CCN)CCC(=O)NC1CCC(=O)N(C)C1. The average Bonchev–Trinajstić information content (AvgIpc) is 2.41. The Balaban J connectivity index is 2.27. The molecule has 2 unspecified atom stereocenters. The standard InChI is InChI=1S/C15H29N3O2/c1-3-4-12(9-10-16)5-7-14(19)17-13-6-8-15(20)18(2)11-13/h12-13H,3-11,16H2,1-2H3,(H,17,19). The van der Waals surface area contributed by atoms with Gasteiger partial charge in [-0.05, 0) is 31.7 Å². The molecule has 0 spiro atoms. The fraction of sp³-hybridized carbons (Fsp3) is 0.867. The molecule has 20 heavy (non-hydrogen) atoms. The Morgan fingerprint density at radius 2 is 2.20 bits per heavy atom. The molecule has 0 bridgehead atoms. The minimum Gasteiger partial charge on any atom is -0.352 e. The second-order valence-electron chi connectivity index (χ2n) is 5.85. The predicted octanol–water partition coefficient (Wildman–Crippen LogP) is 1.27. The Morgan fingerprint density at radius 1 is 1.45 bits per heavy atom. The zero-order valence-electron chi connectivity index (χ0n) is 12.9. The molecular formula is C15H29N3O2. The second-order valence-corrected chi connectivity index (χ2v) is 5.85. The van der Waals surface area contributed by atoms with Gasteiger partial charge in [-0.2, -0.15) is 0 Å². The number of nitrogens with zero attached hydrogens (tertiary/aromatic N) is 1. The van der Waals surface area contributed by atoms with Crippen molar-refractivity contribution in [1.82, 2.24) is 10.2 Å². The molecule has 0 aromatic heterocycles. The third-order valence-corrected chi connectivity index (χ3v) is 4.04. The smallest absolute Gasteiger partial charge is 0.222 e. The molecule has 0 radical (unpaired) electrons. The van der Waals surface area contributed by atoms with Gasteiger partial charge in [0.05, 0.1) is 0 Å². The summed E-state index contributed by atoms with van der Waals surface area (Å²) >= 11 is 0. The molecule has 2 amide bonds. The van der Waals surface area contributed by atoms with E-state index in [0.29, 0.717) is 31.8 Å². The molecule has 0 aromatic carbocycles. The number of likely N-dealkylation sites (tertiary alicyclic amines) is 1. The van der Waals surface area contributed by atoms with Crippen LogP contribution in [0.3, 0.4) is 0 Å². The average molecular weight is 283 g/mol. The highest BCUT2D eigenvalue weighted by atomic mass is 16.2. The summed E-state index contributed by atoms with van der Waals surface area (Å²) in [6, 6.07) is 0.115. The molecular weight excluding hydrogens is 254 g/mol. The van der Waals surface area contributed by atoms with E-state index < -0.39 is 0 Å². The van der Waals surface area contributed by atoms with Crippen LogP contribution in [-0.4, -0.2) is 42.9 Å². The van der Waals surface area contributed by atoms with E-state index >= 15 is 0 Å². The summed E-state index contributed by atoms with van der Waals surface area (Å²) < 4.78 is 0. The first-order valence-corrected chi connectivity index (χ1v) is 7.80. The summed E-state index contributed by atoms with van der Waals surface area (Å²) in [6.45, 7) is 3.49. The molecule has 5 nitrogen and oxygen atoms in total. The largest absolute Gasteiger partial charge is 0.352 e. The number of piperidine rings is 1. The lowest BCUT2D eigenvalue weighted by atomic mass is 9.94. The normalized spacial score (nSPS) is 20.9. The van der Waals surface area contributed by atoms with Crippen LogP contribution in [0.4, 0.5) is 0 Å². The zero-order chi connectivity index (χ0) is 15.0.